The monoisotopic (exact) mass is 286 g/mol. The van der Waals surface area contributed by atoms with Gasteiger partial charge in [0, 0.05) is 18.2 Å². The van der Waals surface area contributed by atoms with Gasteiger partial charge in [-0.1, -0.05) is 6.07 Å². The second-order valence-electron chi connectivity index (χ2n) is 4.92. The Morgan fingerprint density at radius 3 is 2.85 bits per heavy atom. The van der Waals surface area contributed by atoms with E-state index in [1.54, 1.807) is 0 Å². The van der Waals surface area contributed by atoms with Gasteiger partial charge in [-0.3, -0.25) is 4.79 Å². The molecular formula is C14H17F3N2O. The maximum atomic E-state index is 12.5. The number of nitrogens with one attached hydrogen (secondary N) is 2. The van der Waals surface area contributed by atoms with Crippen molar-refractivity contribution in [1.82, 2.24) is 10.6 Å². The van der Waals surface area contributed by atoms with E-state index in [0.717, 1.165) is 37.9 Å². The third-order valence-electron chi connectivity index (χ3n) is 3.39. The number of halogens is 3. The number of hydrogen-bond acceptors (Lipinski definition) is 2. The molecule has 3 nitrogen and oxygen atoms in total. The fourth-order valence-corrected chi connectivity index (χ4v) is 2.30. The first-order valence-electron chi connectivity index (χ1n) is 6.65. The molecule has 0 aromatic heterocycles. The summed E-state index contributed by atoms with van der Waals surface area (Å²) < 4.78 is 37.6. The van der Waals surface area contributed by atoms with E-state index in [9.17, 15) is 18.0 Å². The van der Waals surface area contributed by atoms with Gasteiger partial charge in [0.2, 0.25) is 0 Å². The molecule has 1 atom stereocenters. The highest BCUT2D eigenvalue weighted by Crippen LogP contribution is 2.29. The maximum Gasteiger partial charge on any atom is 0.416 e. The van der Waals surface area contributed by atoms with E-state index in [-0.39, 0.29) is 5.56 Å². The maximum absolute atomic E-state index is 12.5. The molecule has 1 amide bonds. The number of alkyl halides is 3. The van der Waals surface area contributed by atoms with Crippen molar-refractivity contribution in [3.63, 3.8) is 0 Å². The van der Waals surface area contributed by atoms with Crippen LogP contribution < -0.4 is 10.6 Å². The standard InChI is InChI=1S/C14H17F3N2O/c15-14(16,17)11-4-1-3-10(9-11)13(20)19-8-6-12-5-2-7-18-12/h1,3-4,9,12,18H,2,5-8H2,(H,19,20)/t12-/m1/s1. The highest BCUT2D eigenvalue weighted by Gasteiger charge is 2.30. The van der Waals surface area contributed by atoms with Gasteiger partial charge >= 0.3 is 6.18 Å². The minimum atomic E-state index is -4.43. The molecule has 1 aromatic carbocycles. The van der Waals surface area contributed by atoms with Crippen LogP contribution in [0.5, 0.6) is 0 Å². The smallest absolute Gasteiger partial charge is 0.352 e. The van der Waals surface area contributed by atoms with E-state index in [1.807, 2.05) is 0 Å². The predicted octanol–water partition coefficient (Wildman–Crippen LogP) is 2.58. The van der Waals surface area contributed by atoms with Crippen LogP contribution in [0.15, 0.2) is 24.3 Å². The second-order valence-corrected chi connectivity index (χ2v) is 4.92. The molecular weight excluding hydrogens is 269 g/mol. The summed E-state index contributed by atoms with van der Waals surface area (Å²) in [6.45, 7) is 1.46. The van der Waals surface area contributed by atoms with Crippen molar-refractivity contribution in [3.05, 3.63) is 35.4 Å². The predicted molar refractivity (Wildman–Crippen MR) is 69.4 cm³/mol. The van der Waals surface area contributed by atoms with Gasteiger partial charge in [-0.05, 0) is 44.0 Å². The third kappa shape index (κ3) is 3.96. The Balaban J connectivity index is 1.88. The molecule has 1 aliphatic heterocycles. The van der Waals surface area contributed by atoms with Gasteiger partial charge in [-0.25, -0.2) is 0 Å². The van der Waals surface area contributed by atoms with Gasteiger partial charge in [0.25, 0.3) is 5.91 Å². The molecule has 1 fully saturated rings. The molecule has 1 saturated heterocycles. The van der Waals surface area contributed by atoms with Crippen LogP contribution in [0.2, 0.25) is 0 Å². The van der Waals surface area contributed by atoms with Gasteiger partial charge in [0.1, 0.15) is 0 Å². The van der Waals surface area contributed by atoms with Crippen LogP contribution in [0.1, 0.15) is 35.2 Å². The number of rotatable bonds is 4. The molecule has 0 bridgehead atoms. The summed E-state index contributed by atoms with van der Waals surface area (Å²) in [4.78, 5) is 11.8. The molecule has 0 saturated carbocycles. The highest BCUT2D eigenvalue weighted by atomic mass is 19.4. The summed E-state index contributed by atoms with van der Waals surface area (Å²) in [7, 11) is 0. The summed E-state index contributed by atoms with van der Waals surface area (Å²) in [5, 5.41) is 5.96. The number of benzene rings is 1. The zero-order valence-electron chi connectivity index (χ0n) is 11.0. The Morgan fingerprint density at radius 2 is 2.20 bits per heavy atom. The van der Waals surface area contributed by atoms with Crippen LogP contribution in [0, 0.1) is 0 Å². The zero-order chi connectivity index (χ0) is 14.6. The summed E-state index contributed by atoms with van der Waals surface area (Å²) in [6.07, 6.45) is -1.42. The van der Waals surface area contributed by atoms with E-state index in [1.165, 1.54) is 12.1 Å². The SMILES string of the molecule is O=C(NCC[C@H]1CCCN1)c1cccc(C(F)(F)F)c1. The van der Waals surface area contributed by atoms with E-state index in [2.05, 4.69) is 10.6 Å². The Morgan fingerprint density at radius 1 is 1.40 bits per heavy atom. The van der Waals surface area contributed by atoms with Gasteiger partial charge in [-0.15, -0.1) is 0 Å². The Kier molecular flexibility index (Phi) is 4.65. The van der Waals surface area contributed by atoms with Crippen LogP contribution in [0.25, 0.3) is 0 Å². The van der Waals surface area contributed by atoms with E-state index >= 15 is 0 Å². The fraction of sp³-hybridized carbons (Fsp3) is 0.500. The largest absolute Gasteiger partial charge is 0.416 e. The molecule has 2 N–H and O–H groups in total. The first kappa shape index (κ1) is 14.8. The fourth-order valence-electron chi connectivity index (χ4n) is 2.30. The Labute approximate surface area is 115 Å². The van der Waals surface area contributed by atoms with Crippen molar-refractivity contribution < 1.29 is 18.0 Å². The van der Waals surface area contributed by atoms with Crippen molar-refractivity contribution in [2.24, 2.45) is 0 Å². The average Bonchev–Trinajstić information content (AvgIpc) is 2.91. The van der Waals surface area contributed by atoms with Crippen molar-refractivity contribution >= 4 is 5.91 Å². The number of carbonyl (C=O) groups is 1. The molecule has 0 unspecified atom stereocenters. The minimum Gasteiger partial charge on any atom is -0.352 e. The van der Waals surface area contributed by atoms with Crippen LogP contribution in [-0.2, 0) is 6.18 Å². The van der Waals surface area contributed by atoms with E-state index in [0.29, 0.717) is 12.6 Å². The molecule has 0 aliphatic carbocycles. The van der Waals surface area contributed by atoms with Crippen molar-refractivity contribution in [1.29, 1.82) is 0 Å². The first-order valence-corrected chi connectivity index (χ1v) is 6.65. The second kappa shape index (κ2) is 6.26. The normalized spacial score (nSPS) is 19.1. The molecule has 1 aromatic rings. The molecule has 2 rings (SSSR count). The van der Waals surface area contributed by atoms with E-state index < -0.39 is 17.6 Å². The van der Waals surface area contributed by atoms with Gasteiger partial charge in [-0.2, -0.15) is 13.2 Å². The van der Waals surface area contributed by atoms with Crippen LogP contribution in [0.3, 0.4) is 0 Å². The number of carbonyl (C=O) groups excluding carboxylic acids is 1. The third-order valence-corrected chi connectivity index (χ3v) is 3.39. The Bertz CT molecular complexity index is 468. The molecule has 6 heteroatoms. The Hall–Kier alpha value is -1.56. The molecule has 20 heavy (non-hydrogen) atoms. The lowest BCUT2D eigenvalue weighted by atomic mass is 10.1. The molecule has 1 heterocycles. The molecule has 0 radical (unpaired) electrons. The molecule has 0 spiro atoms. The van der Waals surface area contributed by atoms with Crippen LogP contribution in [-0.4, -0.2) is 25.0 Å². The highest BCUT2D eigenvalue weighted by molar-refractivity contribution is 5.94. The zero-order valence-corrected chi connectivity index (χ0v) is 11.0. The number of amides is 1. The lowest BCUT2D eigenvalue weighted by Crippen LogP contribution is -2.30. The lowest BCUT2D eigenvalue weighted by Gasteiger charge is -2.12. The summed E-state index contributed by atoms with van der Waals surface area (Å²) >= 11 is 0. The van der Waals surface area contributed by atoms with Gasteiger partial charge in [0.05, 0.1) is 5.56 Å². The number of hydrogen-bond donors (Lipinski definition) is 2. The van der Waals surface area contributed by atoms with E-state index in [4.69, 9.17) is 0 Å². The first-order chi connectivity index (χ1) is 9.47. The summed E-state index contributed by atoms with van der Waals surface area (Å²) in [6, 6.07) is 4.87. The van der Waals surface area contributed by atoms with Crippen molar-refractivity contribution in [3.8, 4) is 0 Å². The summed E-state index contributed by atoms with van der Waals surface area (Å²) in [5.41, 5.74) is -0.762. The average molecular weight is 286 g/mol. The lowest BCUT2D eigenvalue weighted by molar-refractivity contribution is -0.137. The molecule has 1 aliphatic rings. The van der Waals surface area contributed by atoms with Crippen LogP contribution in [0.4, 0.5) is 13.2 Å². The van der Waals surface area contributed by atoms with Gasteiger partial charge in [0.15, 0.2) is 0 Å². The summed E-state index contributed by atoms with van der Waals surface area (Å²) in [5.74, 6) is -0.464. The minimum absolute atomic E-state index is 0.0409. The quantitative estimate of drug-likeness (QED) is 0.893. The molecule has 110 valence electrons. The topological polar surface area (TPSA) is 41.1 Å². The van der Waals surface area contributed by atoms with Crippen molar-refractivity contribution in [2.75, 3.05) is 13.1 Å². The van der Waals surface area contributed by atoms with Gasteiger partial charge < -0.3 is 10.6 Å². The van der Waals surface area contributed by atoms with Crippen molar-refractivity contribution in [2.45, 2.75) is 31.5 Å². The van der Waals surface area contributed by atoms with Crippen LogP contribution >= 0.6 is 0 Å².